The fraction of sp³-hybridized carbons (Fsp3) is 0.250. The number of hydrogen-bond acceptors (Lipinski definition) is 3. The average Bonchev–Trinajstić information content (AvgIpc) is 3.20. The van der Waals surface area contributed by atoms with Gasteiger partial charge in [0.1, 0.15) is 17.3 Å². The van der Waals surface area contributed by atoms with Gasteiger partial charge in [-0.1, -0.05) is 6.07 Å². The van der Waals surface area contributed by atoms with Gasteiger partial charge in [0.05, 0.1) is 18.5 Å². The molecule has 1 aromatic carbocycles. The Morgan fingerprint density at radius 1 is 1.24 bits per heavy atom. The first-order valence-corrected chi connectivity index (χ1v) is 7.03. The minimum atomic E-state index is 0.751. The summed E-state index contributed by atoms with van der Waals surface area (Å²) in [5.74, 6) is 2.85. The SMILES string of the molecule is Cc1ncc(-c2nccn2-c2cccc3c2CCO3)n1C. The van der Waals surface area contributed by atoms with E-state index in [0.29, 0.717) is 0 Å². The third-order valence-electron chi connectivity index (χ3n) is 4.07. The summed E-state index contributed by atoms with van der Waals surface area (Å²) in [6.07, 6.45) is 6.62. The number of ether oxygens (including phenoxy) is 1. The third kappa shape index (κ3) is 1.77. The van der Waals surface area contributed by atoms with Gasteiger partial charge in [0, 0.05) is 31.4 Å². The number of hydrogen-bond donors (Lipinski definition) is 0. The predicted octanol–water partition coefficient (Wildman–Crippen LogP) is 2.52. The molecule has 0 fully saturated rings. The normalized spacial score (nSPS) is 13.2. The van der Waals surface area contributed by atoms with Crippen molar-refractivity contribution in [3.8, 4) is 23.0 Å². The van der Waals surface area contributed by atoms with Gasteiger partial charge < -0.3 is 9.30 Å². The molecule has 0 amide bonds. The van der Waals surface area contributed by atoms with Gasteiger partial charge in [-0.05, 0) is 19.1 Å². The van der Waals surface area contributed by atoms with Crippen LogP contribution in [0.1, 0.15) is 11.4 Å². The van der Waals surface area contributed by atoms with E-state index in [-0.39, 0.29) is 0 Å². The van der Waals surface area contributed by atoms with Crippen LogP contribution in [0.2, 0.25) is 0 Å². The Hall–Kier alpha value is -2.56. The van der Waals surface area contributed by atoms with Gasteiger partial charge in [0.25, 0.3) is 0 Å². The van der Waals surface area contributed by atoms with Crippen LogP contribution in [0.3, 0.4) is 0 Å². The molecule has 3 heterocycles. The smallest absolute Gasteiger partial charge is 0.162 e. The van der Waals surface area contributed by atoms with Crippen molar-refractivity contribution in [1.29, 1.82) is 0 Å². The average molecular weight is 280 g/mol. The van der Waals surface area contributed by atoms with E-state index in [9.17, 15) is 0 Å². The molecular weight excluding hydrogens is 264 g/mol. The standard InChI is InChI=1S/C16H16N4O/c1-11-18-10-14(19(11)2)16-17-7-8-20(16)13-4-3-5-15-12(13)6-9-21-15/h3-5,7-8,10H,6,9H2,1-2H3. The minimum Gasteiger partial charge on any atom is -0.493 e. The molecule has 0 saturated carbocycles. The van der Waals surface area contributed by atoms with E-state index in [1.165, 1.54) is 5.56 Å². The van der Waals surface area contributed by atoms with Gasteiger partial charge in [-0.15, -0.1) is 0 Å². The predicted molar refractivity (Wildman–Crippen MR) is 79.7 cm³/mol. The Morgan fingerprint density at radius 3 is 2.95 bits per heavy atom. The summed E-state index contributed by atoms with van der Waals surface area (Å²) in [7, 11) is 2.01. The fourth-order valence-electron chi connectivity index (χ4n) is 2.83. The van der Waals surface area contributed by atoms with Crippen molar-refractivity contribution in [3.05, 3.63) is 48.2 Å². The van der Waals surface area contributed by atoms with Crippen LogP contribution < -0.4 is 4.74 Å². The Labute approximate surface area is 122 Å². The largest absolute Gasteiger partial charge is 0.493 e. The summed E-state index contributed by atoms with van der Waals surface area (Å²) in [5.41, 5.74) is 3.39. The van der Waals surface area contributed by atoms with Gasteiger partial charge in [0.15, 0.2) is 5.82 Å². The number of aromatic nitrogens is 4. The number of fused-ring (bicyclic) bond motifs is 1. The number of rotatable bonds is 2. The highest BCUT2D eigenvalue weighted by molar-refractivity contribution is 5.59. The molecule has 2 aromatic heterocycles. The van der Waals surface area contributed by atoms with Crippen LogP contribution in [0, 0.1) is 6.92 Å². The van der Waals surface area contributed by atoms with Crippen LogP contribution in [0.4, 0.5) is 0 Å². The number of benzene rings is 1. The lowest BCUT2D eigenvalue weighted by molar-refractivity contribution is 0.357. The van der Waals surface area contributed by atoms with Crippen LogP contribution >= 0.6 is 0 Å². The van der Waals surface area contributed by atoms with Gasteiger partial charge >= 0.3 is 0 Å². The molecule has 5 heteroatoms. The van der Waals surface area contributed by atoms with Crippen LogP contribution in [0.25, 0.3) is 17.2 Å². The molecular formula is C16H16N4O. The Bertz CT molecular complexity index is 816. The second kappa shape index (κ2) is 4.48. The summed E-state index contributed by atoms with van der Waals surface area (Å²) in [6.45, 7) is 2.74. The van der Waals surface area contributed by atoms with Gasteiger partial charge in [0.2, 0.25) is 0 Å². The zero-order chi connectivity index (χ0) is 14.4. The number of aryl methyl sites for hydroxylation is 1. The molecule has 1 aliphatic heterocycles. The van der Waals surface area contributed by atoms with Crippen LogP contribution in [-0.2, 0) is 13.5 Å². The van der Waals surface area contributed by atoms with E-state index in [2.05, 4.69) is 25.2 Å². The Balaban J connectivity index is 1.91. The highest BCUT2D eigenvalue weighted by Gasteiger charge is 2.20. The zero-order valence-electron chi connectivity index (χ0n) is 12.1. The summed E-state index contributed by atoms with van der Waals surface area (Å²) >= 11 is 0. The lowest BCUT2D eigenvalue weighted by atomic mass is 10.1. The zero-order valence-corrected chi connectivity index (χ0v) is 12.1. The van der Waals surface area contributed by atoms with Crippen LogP contribution in [0.5, 0.6) is 5.75 Å². The molecule has 5 nitrogen and oxygen atoms in total. The third-order valence-corrected chi connectivity index (χ3v) is 4.07. The topological polar surface area (TPSA) is 44.9 Å². The number of imidazole rings is 2. The second-order valence-electron chi connectivity index (χ2n) is 5.22. The van der Waals surface area contributed by atoms with E-state index in [1.54, 1.807) is 0 Å². The van der Waals surface area contributed by atoms with Crippen molar-refractivity contribution in [2.75, 3.05) is 6.61 Å². The first kappa shape index (κ1) is 12.2. The molecule has 0 bridgehead atoms. The molecule has 0 saturated heterocycles. The minimum absolute atomic E-state index is 0.751. The monoisotopic (exact) mass is 280 g/mol. The van der Waals surface area contributed by atoms with Gasteiger partial charge in [-0.3, -0.25) is 4.57 Å². The molecule has 0 N–H and O–H groups in total. The van der Waals surface area contributed by atoms with Crippen LogP contribution in [-0.4, -0.2) is 25.7 Å². The molecule has 21 heavy (non-hydrogen) atoms. The highest BCUT2D eigenvalue weighted by atomic mass is 16.5. The molecule has 4 rings (SSSR count). The summed E-state index contributed by atoms with van der Waals surface area (Å²) in [6, 6.07) is 6.16. The quantitative estimate of drug-likeness (QED) is 0.724. The summed E-state index contributed by atoms with van der Waals surface area (Å²) < 4.78 is 9.83. The molecule has 0 aliphatic carbocycles. The van der Waals surface area contributed by atoms with Crippen molar-refractivity contribution in [2.45, 2.75) is 13.3 Å². The van der Waals surface area contributed by atoms with Crippen molar-refractivity contribution in [2.24, 2.45) is 7.05 Å². The van der Waals surface area contributed by atoms with Gasteiger partial charge in [-0.25, -0.2) is 9.97 Å². The van der Waals surface area contributed by atoms with Crippen molar-refractivity contribution in [3.63, 3.8) is 0 Å². The van der Waals surface area contributed by atoms with Crippen LogP contribution in [0.15, 0.2) is 36.8 Å². The summed E-state index contributed by atoms with van der Waals surface area (Å²) in [4.78, 5) is 8.89. The maximum atomic E-state index is 5.66. The van der Waals surface area contributed by atoms with E-state index in [4.69, 9.17) is 4.74 Å². The van der Waals surface area contributed by atoms with Crippen molar-refractivity contribution in [1.82, 2.24) is 19.1 Å². The molecule has 3 aromatic rings. The van der Waals surface area contributed by atoms with E-state index in [0.717, 1.165) is 41.8 Å². The lowest BCUT2D eigenvalue weighted by Gasteiger charge is -2.12. The van der Waals surface area contributed by atoms with E-state index < -0.39 is 0 Å². The van der Waals surface area contributed by atoms with E-state index >= 15 is 0 Å². The first-order chi connectivity index (χ1) is 10.3. The van der Waals surface area contributed by atoms with Crippen molar-refractivity contribution < 1.29 is 4.74 Å². The Morgan fingerprint density at radius 2 is 2.14 bits per heavy atom. The Kier molecular flexibility index (Phi) is 2.60. The van der Waals surface area contributed by atoms with Crippen molar-refractivity contribution >= 4 is 0 Å². The molecule has 0 unspecified atom stereocenters. The second-order valence-corrected chi connectivity index (χ2v) is 5.22. The molecule has 1 aliphatic rings. The molecule has 106 valence electrons. The van der Waals surface area contributed by atoms with E-state index in [1.807, 2.05) is 44.7 Å². The maximum absolute atomic E-state index is 5.66. The maximum Gasteiger partial charge on any atom is 0.162 e. The lowest BCUT2D eigenvalue weighted by Crippen LogP contribution is -2.03. The number of nitrogens with zero attached hydrogens (tertiary/aromatic N) is 4. The fourth-order valence-corrected chi connectivity index (χ4v) is 2.83. The summed E-state index contributed by atoms with van der Waals surface area (Å²) in [5, 5.41) is 0. The van der Waals surface area contributed by atoms with Gasteiger partial charge in [-0.2, -0.15) is 0 Å². The first-order valence-electron chi connectivity index (χ1n) is 7.03. The highest BCUT2D eigenvalue weighted by Crippen LogP contribution is 2.32. The molecule has 0 radical (unpaired) electrons. The molecule has 0 spiro atoms. The molecule has 0 atom stereocenters.